The normalized spacial score (nSPS) is 14.7. The lowest BCUT2D eigenvalue weighted by molar-refractivity contribution is -0.136. The van der Waals surface area contributed by atoms with E-state index < -0.39 is 30.9 Å². The lowest BCUT2D eigenvalue weighted by Crippen LogP contribution is -2.31. The Kier molecular flexibility index (Phi) is 9.16. The first kappa shape index (κ1) is 21.1. The lowest BCUT2D eigenvalue weighted by Gasteiger charge is -2.17. The molecule has 0 bridgehead atoms. The highest BCUT2D eigenvalue weighted by atomic mass is 19.2. The quantitative estimate of drug-likeness (QED) is 0.263. The first-order chi connectivity index (χ1) is 11.8. The molecule has 0 saturated heterocycles. The molecular weight excluding hydrogens is 333 g/mol. The molecule has 0 heterocycles. The van der Waals surface area contributed by atoms with Crippen LogP contribution in [0.4, 0.5) is 24.5 Å². The number of unbranched alkanes of at least 4 members (excludes halogenated alkanes) is 4. The summed E-state index contributed by atoms with van der Waals surface area (Å²) >= 11 is 0. The van der Waals surface area contributed by atoms with Gasteiger partial charge in [0, 0.05) is 5.69 Å². The maximum atomic E-state index is 13.8. The van der Waals surface area contributed by atoms with Gasteiger partial charge in [0.25, 0.3) is 0 Å². The summed E-state index contributed by atoms with van der Waals surface area (Å²) in [5, 5.41) is 0. The summed E-state index contributed by atoms with van der Waals surface area (Å²) in [6, 6.07) is 4.20. The van der Waals surface area contributed by atoms with E-state index in [1.54, 1.807) is 0 Å². The van der Waals surface area contributed by atoms with E-state index in [0.717, 1.165) is 25.7 Å². The molecule has 4 nitrogen and oxygen atoms in total. The van der Waals surface area contributed by atoms with Crippen LogP contribution in [-0.4, -0.2) is 24.5 Å². The van der Waals surface area contributed by atoms with Crippen LogP contribution < -0.4 is 16.2 Å². The molecule has 3 atom stereocenters. The van der Waals surface area contributed by atoms with E-state index in [0.29, 0.717) is 12.1 Å². The molecule has 25 heavy (non-hydrogen) atoms. The zero-order chi connectivity index (χ0) is 18.8. The summed E-state index contributed by atoms with van der Waals surface area (Å²) in [7, 11) is 0. The van der Waals surface area contributed by atoms with Gasteiger partial charge in [-0.3, -0.25) is 4.79 Å². The zero-order valence-electron chi connectivity index (χ0n) is 14.5. The molecule has 7 heteroatoms. The van der Waals surface area contributed by atoms with Gasteiger partial charge < -0.3 is 16.2 Å². The van der Waals surface area contributed by atoms with Crippen molar-refractivity contribution in [1.82, 2.24) is 0 Å². The van der Waals surface area contributed by atoms with Crippen LogP contribution in [0.5, 0.6) is 5.75 Å². The van der Waals surface area contributed by atoms with Crippen LogP contribution in [0.1, 0.15) is 51.9 Å². The van der Waals surface area contributed by atoms with Crippen molar-refractivity contribution in [3.8, 4) is 5.75 Å². The maximum absolute atomic E-state index is 13.8. The van der Waals surface area contributed by atoms with E-state index >= 15 is 0 Å². The topological polar surface area (TPSA) is 78.3 Å². The maximum Gasteiger partial charge on any atom is 0.314 e. The summed E-state index contributed by atoms with van der Waals surface area (Å²) in [5.41, 5.74) is 11.6. The smallest absolute Gasteiger partial charge is 0.314 e. The van der Waals surface area contributed by atoms with Gasteiger partial charge in [-0.25, -0.2) is 13.2 Å². The second kappa shape index (κ2) is 10.8. The summed E-state index contributed by atoms with van der Waals surface area (Å²) in [6.45, 7) is 2.06. The minimum Gasteiger partial charge on any atom is -0.424 e. The van der Waals surface area contributed by atoms with Crippen LogP contribution in [0.2, 0.25) is 0 Å². The number of benzene rings is 1. The number of ether oxygens (including phenoxy) is 1. The number of alkyl halides is 3. The number of esters is 1. The molecule has 4 N–H and O–H groups in total. The van der Waals surface area contributed by atoms with E-state index in [2.05, 4.69) is 6.92 Å². The fourth-order valence-electron chi connectivity index (χ4n) is 2.42. The third kappa shape index (κ3) is 7.67. The number of anilines is 2. The number of hydrogen-bond acceptors (Lipinski definition) is 4. The highest BCUT2D eigenvalue weighted by Gasteiger charge is 2.31. The average Bonchev–Trinajstić information content (AvgIpc) is 2.56. The van der Waals surface area contributed by atoms with Gasteiger partial charge in [-0.15, -0.1) is 0 Å². The van der Waals surface area contributed by atoms with Gasteiger partial charge >= 0.3 is 5.97 Å². The van der Waals surface area contributed by atoms with E-state index in [-0.39, 0.29) is 17.9 Å². The van der Waals surface area contributed by atoms with Crippen LogP contribution >= 0.6 is 0 Å². The number of nitrogens with two attached hydrogens (primary N) is 2. The molecule has 0 spiro atoms. The number of carbonyl (C=O) groups is 1. The largest absolute Gasteiger partial charge is 0.424 e. The van der Waals surface area contributed by atoms with Gasteiger partial charge in [-0.05, 0) is 24.6 Å². The van der Waals surface area contributed by atoms with Crippen LogP contribution in [0.15, 0.2) is 18.2 Å². The summed E-state index contributed by atoms with van der Waals surface area (Å²) in [4.78, 5) is 11.7. The van der Waals surface area contributed by atoms with Gasteiger partial charge in [-0.1, -0.05) is 39.0 Å². The molecule has 1 rings (SSSR count). The molecule has 1 aromatic carbocycles. The van der Waals surface area contributed by atoms with Gasteiger partial charge in [-0.2, -0.15) is 0 Å². The Bertz CT molecular complexity index is 543. The fourth-order valence-corrected chi connectivity index (χ4v) is 2.42. The Labute approximate surface area is 146 Å². The number of nitrogen functional groups attached to an aromatic ring is 2. The van der Waals surface area contributed by atoms with Crippen LogP contribution in [0.3, 0.4) is 0 Å². The SMILES string of the molecule is CCCCCCCC(F)C(F)C(F)CC(=O)Oc1ccc(N)cc1N. The minimum atomic E-state index is -2.34. The van der Waals surface area contributed by atoms with Crippen molar-refractivity contribution in [3.05, 3.63) is 18.2 Å². The molecule has 142 valence electrons. The molecule has 1 aromatic rings. The third-order valence-electron chi connectivity index (χ3n) is 3.89. The van der Waals surface area contributed by atoms with Crippen molar-refractivity contribution < 1.29 is 22.7 Å². The van der Waals surface area contributed by atoms with Crippen molar-refractivity contribution in [2.75, 3.05) is 11.5 Å². The number of rotatable bonds is 11. The van der Waals surface area contributed by atoms with Gasteiger partial charge in [0.15, 0.2) is 11.9 Å². The van der Waals surface area contributed by atoms with Crippen molar-refractivity contribution >= 4 is 17.3 Å². The molecule has 3 unspecified atom stereocenters. The molecule has 0 fully saturated rings. The van der Waals surface area contributed by atoms with E-state index in [1.807, 2.05) is 0 Å². The van der Waals surface area contributed by atoms with Gasteiger partial charge in [0.1, 0.15) is 12.3 Å². The van der Waals surface area contributed by atoms with E-state index in [4.69, 9.17) is 16.2 Å². The first-order valence-corrected chi connectivity index (χ1v) is 8.63. The summed E-state index contributed by atoms with van der Waals surface area (Å²) in [5.74, 6) is -1.00. The average molecular weight is 360 g/mol. The van der Waals surface area contributed by atoms with Crippen LogP contribution in [0.25, 0.3) is 0 Å². The lowest BCUT2D eigenvalue weighted by atomic mass is 10.0. The first-order valence-electron chi connectivity index (χ1n) is 8.63. The Morgan fingerprint density at radius 2 is 1.76 bits per heavy atom. The van der Waals surface area contributed by atoms with Crippen molar-refractivity contribution in [2.45, 2.75) is 70.4 Å². The highest BCUT2D eigenvalue weighted by molar-refractivity contribution is 5.75. The second-order valence-corrected chi connectivity index (χ2v) is 6.15. The number of carbonyl (C=O) groups excluding carboxylic acids is 1. The molecule has 0 aromatic heterocycles. The molecule has 0 radical (unpaired) electrons. The van der Waals surface area contributed by atoms with Crippen LogP contribution in [-0.2, 0) is 4.79 Å². The Morgan fingerprint density at radius 1 is 1.08 bits per heavy atom. The molecule has 0 aliphatic heterocycles. The molecular formula is C18H27F3N2O2. The van der Waals surface area contributed by atoms with Crippen molar-refractivity contribution in [3.63, 3.8) is 0 Å². The fraction of sp³-hybridized carbons (Fsp3) is 0.611. The molecule has 0 amide bonds. The summed E-state index contributed by atoms with van der Waals surface area (Å²) < 4.78 is 46.2. The van der Waals surface area contributed by atoms with Gasteiger partial charge in [0.2, 0.25) is 0 Å². The Morgan fingerprint density at radius 3 is 2.40 bits per heavy atom. The minimum absolute atomic E-state index is 0.00882. The molecule has 0 aliphatic rings. The van der Waals surface area contributed by atoms with Crippen molar-refractivity contribution in [1.29, 1.82) is 0 Å². The molecule has 0 saturated carbocycles. The van der Waals surface area contributed by atoms with Gasteiger partial charge in [0.05, 0.1) is 12.1 Å². The summed E-state index contributed by atoms with van der Waals surface area (Å²) in [6.07, 6.45) is -3.11. The van der Waals surface area contributed by atoms with E-state index in [9.17, 15) is 18.0 Å². The second-order valence-electron chi connectivity index (χ2n) is 6.15. The standard InChI is InChI=1S/C18H27F3N2O2/c1-2-3-4-5-6-7-13(19)18(21)14(20)11-17(24)25-16-9-8-12(22)10-15(16)23/h8-10,13-14,18H,2-7,11,22-23H2,1H3. The Hall–Kier alpha value is -1.92. The van der Waals surface area contributed by atoms with E-state index in [1.165, 1.54) is 18.2 Å². The highest BCUT2D eigenvalue weighted by Crippen LogP contribution is 2.25. The number of hydrogen-bond donors (Lipinski definition) is 2. The predicted molar refractivity (Wildman–Crippen MR) is 93.6 cm³/mol. The predicted octanol–water partition coefficient (Wildman–Crippen LogP) is 4.52. The zero-order valence-corrected chi connectivity index (χ0v) is 14.5. The monoisotopic (exact) mass is 360 g/mol. The third-order valence-corrected chi connectivity index (χ3v) is 3.89. The molecule has 0 aliphatic carbocycles. The van der Waals surface area contributed by atoms with Crippen LogP contribution in [0, 0.1) is 0 Å². The van der Waals surface area contributed by atoms with Crippen molar-refractivity contribution in [2.24, 2.45) is 0 Å². The Balaban J connectivity index is 2.39. The number of halogens is 3.